The van der Waals surface area contributed by atoms with Gasteiger partial charge in [-0.2, -0.15) is 8.78 Å². The SMILES string of the molecule is O=[N+]([O-])c1cccc(-c2ccccc2S(=O)(=O)c2ccccc2-c2cccc([N+](=O)[O-])c2F)c1F. The van der Waals surface area contributed by atoms with Crippen LogP contribution in [-0.2, 0) is 9.84 Å². The number of benzene rings is 4. The van der Waals surface area contributed by atoms with Crippen molar-refractivity contribution in [2.75, 3.05) is 0 Å². The van der Waals surface area contributed by atoms with Gasteiger partial charge in [-0.3, -0.25) is 20.2 Å². The average molecular weight is 496 g/mol. The van der Waals surface area contributed by atoms with Crippen molar-refractivity contribution in [3.63, 3.8) is 0 Å². The molecule has 0 saturated carbocycles. The van der Waals surface area contributed by atoms with Gasteiger partial charge >= 0.3 is 11.4 Å². The lowest BCUT2D eigenvalue weighted by atomic mass is 10.0. The van der Waals surface area contributed by atoms with Gasteiger partial charge in [0.05, 0.1) is 19.6 Å². The summed E-state index contributed by atoms with van der Waals surface area (Å²) in [7, 11) is -4.47. The monoisotopic (exact) mass is 496 g/mol. The van der Waals surface area contributed by atoms with Gasteiger partial charge in [0.15, 0.2) is 0 Å². The van der Waals surface area contributed by atoms with Gasteiger partial charge in [0.25, 0.3) is 0 Å². The van der Waals surface area contributed by atoms with Gasteiger partial charge in [0.1, 0.15) is 0 Å². The summed E-state index contributed by atoms with van der Waals surface area (Å²) in [6, 6.07) is 17.4. The van der Waals surface area contributed by atoms with Crippen molar-refractivity contribution in [1.82, 2.24) is 0 Å². The highest BCUT2D eigenvalue weighted by molar-refractivity contribution is 7.91. The molecule has 0 radical (unpaired) electrons. The predicted octanol–water partition coefficient (Wildman–Crippen LogP) is 5.95. The maximum Gasteiger partial charge on any atom is 0.305 e. The van der Waals surface area contributed by atoms with Crippen LogP contribution in [0, 0.1) is 31.9 Å². The van der Waals surface area contributed by atoms with Crippen molar-refractivity contribution in [2.24, 2.45) is 0 Å². The Labute approximate surface area is 197 Å². The van der Waals surface area contributed by atoms with Crippen LogP contribution in [0.5, 0.6) is 0 Å². The van der Waals surface area contributed by atoms with Crippen molar-refractivity contribution < 1.29 is 27.0 Å². The lowest BCUT2D eigenvalue weighted by Crippen LogP contribution is -2.07. The minimum Gasteiger partial charge on any atom is -0.258 e. The van der Waals surface area contributed by atoms with Gasteiger partial charge in [0.2, 0.25) is 21.5 Å². The van der Waals surface area contributed by atoms with Crippen LogP contribution >= 0.6 is 0 Å². The van der Waals surface area contributed by atoms with Crippen molar-refractivity contribution in [3.05, 3.63) is 117 Å². The zero-order chi connectivity index (χ0) is 25.3. The Kier molecular flexibility index (Phi) is 6.10. The molecule has 0 N–H and O–H groups in total. The second-order valence-electron chi connectivity index (χ2n) is 7.29. The topological polar surface area (TPSA) is 120 Å². The number of hydrogen-bond donors (Lipinski definition) is 0. The van der Waals surface area contributed by atoms with Crippen LogP contribution in [0.15, 0.2) is 94.7 Å². The van der Waals surface area contributed by atoms with E-state index in [0.717, 1.165) is 12.1 Å². The molecule has 0 unspecified atom stereocenters. The van der Waals surface area contributed by atoms with E-state index in [2.05, 4.69) is 0 Å². The quantitative estimate of drug-likeness (QED) is 0.240. The first-order valence-corrected chi connectivity index (χ1v) is 11.4. The third-order valence-electron chi connectivity index (χ3n) is 5.28. The van der Waals surface area contributed by atoms with Crippen LogP contribution in [0.2, 0.25) is 0 Å². The van der Waals surface area contributed by atoms with Gasteiger partial charge in [-0.05, 0) is 12.1 Å². The number of halogens is 2. The summed E-state index contributed by atoms with van der Waals surface area (Å²) in [6.07, 6.45) is 0. The molecule has 0 heterocycles. The maximum atomic E-state index is 14.9. The van der Waals surface area contributed by atoms with Crippen molar-refractivity contribution in [3.8, 4) is 22.3 Å². The fraction of sp³-hybridized carbons (Fsp3) is 0. The highest BCUT2D eigenvalue weighted by atomic mass is 32.2. The van der Waals surface area contributed by atoms with Gasteiger partial charge in [-0.25, -0.2) is 8.42 Å². The summed E-state index contributed by atoms with van der Waals surface area (Å²) in [5.41, 5.74) is -2.54. The molecule has 0 aromatic heterocycles. The number of nitro groups is 2. The minimum absolute atomic E-state index is 0.136. The van der Waals surface area contributed by atoms with Gasteiger partial charge in [-0.15, -0.1) is 0 Å². The van der Waals surface area contributed by atoms with Crippen LogP contribution in [-0.4, -0.2) is 18.3 Å². The summed E-state index contributed by atoms with van der Waals surface area (Å²) < 4.78 is 57.4. The lowest BCUT2D eigenvalue weighted by molar-refractivity contribution is -0.387. The van der Waals surface area contributed by atoms with E-state index in [1.54, 1.807) is 0 Å². The zero-order valence-corrected chi connectivity index (χ0v) is 18.4. The Morgan fingerprint density at radius 3 is 1.26 bits per heavy atom. The van der Waals surface area contributed by atoms with E-state index in [9.17, 15) is 37.4 Å². The number of nitrogens with zero attached hydrogens (tertiary/aromatic N) is 2. The van der Waals surface area contributed by atoms with Crippen molar-refractivity contribution >= 4 is 21.2 Å². The summed E-state index contributed by atoms with van der Waals surface area (Å²) >= 11 is 0. The number of rotatable bonds is 6. The van der Waals surface area contributed by atoms with Crippen LogP contribution in [0.1, 0.15) is 0 Å². The van der Waals surface area contributed by atoms with E-state index in [1.807, 2.05) is 0 Å². The van der Waals surface area contributed by atoms with Crippen molar-refractivity contribution in [1.29, 1.82) is 0 Å². The Hall–Kier alpha value is -4.51. The second-order valence-corrected chi connectivity index (χ2v) is 9.17. The Bertz CT molecular complexity index is 1490. The summed E-state index contributed by atoms with van der Waals surface area (Å²) in [6.45, 7) is 0. The molecular formula is C24H14F2N2O6S. The fourth-order valence-electron chi connectivity index (χ4n) is 3.70. The van der Waals surface area contributed by atoms with Gasteiger partial charge in [0, 0.05) is 34.4 Å². The zero-order valence-electron chi connectivity index (χ0n) is 17.6. The molecule has 0 aliphatic carbocycles. The number of hydrogen-bond acceptors (Lipinski definition) is 6. The molecule has 4 rings (SSSR count). The molecule has 0 amide bonds. The molecule has 0 aliphatic heterocycles. The van der Waals surface area contributed by atoms with Crippen LogP contribution < -0.4 is 0 Å². The van der Waals surface area contributed by atoms with Crippen molar-refractivity contribution in [2.45, 2.75) is 9.79 Å². The standard InChI is InChI=1S/C24H14F2N2O6S/c25-23-17(9-5-11-19(23)27(29)30)15-7-1-3-13-21(15)35(33,34)22-14-4-2-8-16(22)18-10-6-12-20(24(18)26)28(31)32/h1-14H. The van der Waals surface area contributed by atoms with E-state index in [-0.39, 0.29) is 32.0 Å². The lowest BCUT2D eigenvalue weighted by Gasteiger charge is -2.15. The molecule has 0 atom stereocenters. The molecule has 0 saturated heterocycles. The first-order valence-electron chi connectivity index (χ1n) is 9.94. The molecule has 0 spiro atoms. The summed E-state index contributed by atoms with van der Waals surface area (Å²) in [5, 5.41) is 22.4. The predicted molar refractivity (Wildman–Crippen MR) is 122 cm³/mol. The smallest absolute Gasteiger partial charge is 0.258 e. The first kappa shape index (κ1) is 23.6. The molecule has 4 aromatic rings. The molecule has 0 bridgehead atoms. The molecule has 11 heteroatoms. The van der Waals surface area contributed by atoms with E-state index in [0.29, 0.717) is 0 Å². The van der Waals surface area contributed by atoms with E-state index in [1.165, 1.54) is 72.8 Å². The highest BCUT2D eigenvalue weighted by Gasteiger charge is 2.29. The van der Waals surface area contributed by atoms with E-state index in [4.69, 9.17) is 0 Å². The largest absolute Gasteiger partial charge is 0.305 e. The molecule has 35 heavy (non-hydrogen) atoms. The van der Waals surface area contributed by atoms with Crippen LogP contribution in [0.4, 0.5) is 20.2 Å². The molecule has 4 aromatic carbocycles. The third-order valence-corrected chi connectivity index (χ3v) is 7.15. The number of nitro benzene ring substituents is 2. The van der Waals surface area contributed by atoms with Gasteiger partial charge in [-0.1, -0.05) is 60.7 Å². The second kappa shape index (κ2) is 9.03. The first-order chi connectivity index (χ1) is 16.6. The number of sulfone groups is 1. The Morgan fingerprint density at radius 2 is 0.886 bits per heavy atom. The minimum atomic E-state index is -4.47. The third kappa shape index (κ3) is 4.13. The molecular weight excluding hydrogens is 482 g/mol. The Morgan fingerprint density at radius 1 is 0.543 bits per heavy atom. The normalized spacial score (nSPS) is 11.3. The van der Waals surface area contributed by atoms with Crippen LogP contribution in [0.25, 0.3) is 22.3 Å². The average Bonchev–Trinajstić information content (AvgIpc) is 2.84. The van der Waals surface area contributed by atoms with E-state index >= 15 is 0 Å². The fourth-order valence-corrected chi connectivity index (χ4v) is 5.39. The van der Waals surface area contributed by atoms with Gasteiger partial charge < -0.3 is 0 Å². The Balaban J connectivity index is 1.97. The molecule has 176 valence electrons. The molecule has 8 nitrogen and oxygen atoms in total. The maximum absolute atomic E-state index is 14.9. The van der Waals surface area contributed by atoms with Crippen LogP contribution in [0.3, 0.4) is 0 Å². The molecule has 0 aliphatic rings. The molecule has 0 fully saturated rings. The summed E-state index contributed by atoms with van der Waals surface area (Å²) in [4.78, 5) is 19.8. The van der Waals surface area contributed by atoms with E-state index < -0.39 is 42.7 Å². The summed E-state index contributed by atoms with van der Waals surface area (Å²) in [5.74, 6) is -2.42. The highest BCUT2D eigenvalue weighted by Crippen LogP contribution is 2.39.